The van der Waals surface area contributed by atoms with Gasteiger partial charge in [-0.25, -0.2) is 9.37 Å². The number of fused-ring (bicyclic) bond motifs is 1. The average Bonchev–Trinajstić information content (AvgIpc) is 2.46. The molecule has 0 aliphatic carbocycles. The maximum atomic E-state index is 14.3. The lowest BCUT2D eigenvalue weighted by atomic mass is 9.94. The Kier molecular flexibility index (Phi) is 3.47. The number of nitrogens with zero attached hydrogens (tertiary/aromatic N) is 1. The summed E-state index contributed by atoms with van der Waals surface area (Å²) in [6.45, 7) is 6.65. The van der Waals surface area contributed by atoms with E-state index in [2.05, 4.69) is 11.6 Å². The van der Waals surface area contributed by atoms with Gasteiger partial charge in [0.05, 0.1) is 30.3 Å². The molecule has 0 saturated heterocycles. The molecule has 21 heavy (non-hydrogen) atoms. The minimum Gasteiger partial charge on any atom is -0.397 e. The minimum absolute atomic E-state index is 0.233. The monoisotopic (exact) mass is 284 g/mol. The summed E-state index contributed by atoms with van der Waals surface area (Å²) in [5, 5.41) is 0. The first-order valence-electron chi connectivity index (χ1n) is 6.88. The topological polar surface area (TPSA) is 48.1 Å². The summed E-state index contributed by atoms with van der Waals surface area (Å²) in [5.74, 6) is -0.233. The van der Waals surface area contributed by atoms with E-state index >= 15 is 0 Å². The van der Waals surface area contributed by atoms with Gasteiger partial charge >= 0.3 is 0 Å². The largest absolute Gasteiger partial charge is 0.397 e. The van der Waals surface area contributed by atoms with E-state index in [-0.39, 0.29) is 5.82 Å². The van der Waals surface area contributed by atoms with Gasteiger partial charge in [0, 0.05) is 5.56 Å². The number of pyridine rings is 1. The fraction of sp³-hybridized carbons (Fsp3) is 0.235. The number of halogens is 1. The van der Waals surface area contributed by atoms with Crippen molar-refractivity contribution in [3.63, 3.8) is 0 Å². The number of aryl methyl sites for hydroxylation is 1. The van der Waals surface area contributed by atoms with Crippen molar-refractivity contribution >= 4 is 5.70 Å². The molecule has 0 unspecified atom stereocenters. The zero-order valence-electron chi connectivity index (χ0n) is 11.9. The zero-order chi connectivity index (χ0) is 15.0. The molecule has 0 spiro atoms. The van der Waals surface area contributed by atoms with Crippen molar-refractivity contribution in [3.05, 3.63) is 59.2 Å². The highest BCUT2D eigenvalue weighted by atomic mass is 19.1. The zero-order valence-corrected chi connectivity index (χ0v) is 11.9. The Labute approximate surface area is 123 Å². The normalized spacial score (nSPS) is 13.8. The summed E-state index contributed by atoms with van der Waals surface area (Å²) in [7, 11) is 0. The summed E-state index contributed by atoms with van der Waals surface area (Å²) in [6.07, 6.45) is 0.725. The Hall–Kier alpha value is -2.20. The molecular weight excluding hydrogens is 267 g/mol. The molecule has 3 nitrogen and oxygen atoms in total. The van der Waals surface area contributed by atoms with Gasteiger partial charge in [0.1, 0.15) is 5.82 Å². The fourth-order valence-electron chi connectivity index (χ4n) is 2.61. The average molecular weight is 284 g/mol. The Bertz CT molecular complexity index is 725. The van der Waals surface area contributed by atoms with Crippen LogP contribution < -0.4 is 5.73 Å². The molecule has 0 bridgehead atoms. The van der Waals surface area contributed by atoms with Crippen molar-refractivity contribution in [1.82, 2.24) is 4.98 Å². The van der Waals surface area contributed by atoms with Gasteiger partial charge in [0.25, 0.3) is 0 Å². The van der Waals surface area contributed by atoms with Crippen LogP contribution in [0.4, 0.5) is 4.39 Å². The molecule has 108 valence electrons. The van der Waals surface area contributed by atoms with Crippen molar-refractivity contribution in [2.24, 2.45) is 5.73 Å². The molecule has 2 aromatic rings. The second kappa shape index (κ2) is 5.30. The van der Waals surface area contributed by atoms with E-state index in [9.17, 15) is 4.39 Å². The Morgan fingerprint density at radius 1 is 1.33 bits per heavy atom. The van der Waals surface area contributed by atoms with E-state index in [0.29, 0.717) is 30.2 Å². The second-order valence-corrected chi connectivity index (χ2v) is 5.29. The van der Waals surface area contributed by atoms with Crippen LogP contribution in [0.2, 0.25) is 0 Å². The number of hydrogen-bond acceptors (Lipinski definition) is 3. The van der Waals surface area contributed by atoms with Gasteiger partial charge in [-0.3, -0.25) is 0 Å². The Balaban J connectivity index is 2.24. The first-order chi connectivity index (χ1) is 10.1. The third-order valence-electron chi connectivity index (χ3n) is 3.69. The van der Waals surface area contributed by atoms with E-state index < -0.39 is 0 Å². The minimum atomic E-state index is -0.233. The first kappa shape index (κ1) is 13.8. The molecule has 0 saturated carbocycles. The highest BCUT2D eigenvalue weighted by Crippen LogP contribution is 2.32. The van der Waals surface area contributed by atoms with Gasteiger partial charge < -0.3 is 10.5 Å². The van der Waals surface area contributed by atoms with Crippen LogP contribution in [0.5, 0.6) is 0 Å². The first-order valence-corrected chi connectivity index (χ1v) is 6.88. The van der Waals surface area contributed by atoms with E-state index in [4.69, 9.17) is 10.5 Å². The van der Waals surface area contributed by atoms with Gasteiger partial charge in [0.15, 0.2) is 0 Å². The van der Waals surface area contributed by atoms with Gasteiger partial charge in [0.2, 0.25) is 0 Å². The van der Waals surface area contributed by atoms with E-state index in [1.807, 2.05) is 19.1 Å². The maximum Gasteiger partial charge on any atom is 0.131 e. The lowest BCUT2D eigenvalue weighted by molar-refractivity contribution is 0.107. The Morgan fingerprint density at radius 3 is 2.86 bits per heavy atom. The maximum absolute atomic E-state index is 14.3. The summed E-state index contributed by atoms with van der Waals surface area (Å²) in [5.41, 5.74) is 10.9. The molecule has 1 aromatic heterocycles. The second-order valence-electron chi connectivity index (χ2n) is 5.29. The smallest absolute Gasteiger partial charge is 0.131 e. The highest BCUT2D eigenvalue weighted by Gasteiger charge is 2.20. The standard InChI is InChI=1S/C17H17FN2O/c1-10-3-4-12(15(18)7-10)14-8-16(11(2)19)20-17-9-21-6-5-13(14)17/h3-4,7-8H,2,5-6,9,19H2,1H3. The molecule has 0 radical (unpaired) electrons. The molecule has 2 N–H and O–H groups in total. The predicted octanol–water partition coefficient (Wildman–Crippen LogP) is 3.20. The lowest BCUT2D eigenvalue weighted by Gasteiger charge is -2.21. The van der Waals surface area contributed by atoms with E-state index in [0.717, 1.165) is 28.8 Å². The molecule has 2 heterocycles. The highest BCUT2D eigenvalue weighted by molar-refractivity contribution is 5.73. The van der Waals surface area contributed by atoms with Crippen molar-refractivity contribution in [3.8, 4) is 11.1 Å². The summed E-state index contributed by atoms with van der Waals surface area (Å²) >= 11 is 0. The van der Waals surface area contributed by atoms with E-state index in [1.54, 1.807) is 12.1 Å². The van der Waals surface area contributed by atoms with Crippen LogP contribution >= 0.6 is 0 Å². The van der Waals surface area contributed by atoms with Crippen LogP contribution in [-0.2, 0) is 17.8 Å². The number of aromatic nitrogens is 1. The van der Waals surface area contributed by atoms with Crippen LogP contribution in [0, 0.1) is 12.7 Å². The van der Waals surface area contributed by atoms with Crippen LogP contribution in [0.15, 0.2) is 30.8 Å². The van der Waals surface area contributed by atoms with Gasteiger partial charge in [-0.15, -0.1) is 0 Å². The van der Waals surface area contributed by atoms with Crippen molar-refractivity contribution < 1.29 is 9.13 Å². The van der Waals surface area contributed by atoms with Crippen molar-refractivity contribution in [2.45, 2.75) is 20.0 Å². The quantitative estimate of drug-likeness (QED) is 0.921. The fourth-order valence-corrected chi connectivity index (χ4v) is 2.61. The van der Waals surface area contributed by atoms with Gasteiger partial charge in [-0.2, -0.15) is 0 Å². The lowest BCUT2D eigenvalue weighted by Crippen LogP contribution is -2.15. The summed E-state index contributed by atoms with van der Waals surface area (Å²) in [4.78, 5) is 4.47. The molecule has 3 rings (SSSR count). The van der Waals surface area contributed by atoms with Crippen LogP contribution in [-0.4, -0.2) is 11.6 Å². The molecule has 0 fully saturated rings. The van der Waals surface area contributed by atoms with Crippen molar-refractivity contribution in [1.29, 1.82) is 0 Å². The summed E-state index contributed by atoms with van der Waals surface area (Å²) in [6, 6.07) is 7.07. The van der Waals surface area contributed by atoms with Crippen molar-refractivity contribution in [2.75, 3.05) is 6.61 Å². The van der Waals surface area contributed by atoms with E-state index in [1.165, 1.54) is 0 Å². The number of rotatable bonds is 2. The molecule has 0 atom stereocenters. The number of benzene rings is 1. The van der Waals surface area contributed by atoms with Crippen LogP contribution in [0.1, 0.15) is 22.5 Å². The molecular formula is C17H17FN2O. The van der Waals surface area contributed by atoms with Gasteiger partial charge in [-0.1, -0.05) is 18.7 Å². The molecule has 4 heteroatoms. The molecule has 1 aliphatic heterocycles. The molecule has 1 aromatic carbocycles. The molecule has 0 amide bonds. The van der Waals surface area contributed by atoms with Crippen LogP contribution in [0.3, 0.4) is 0 Å². The predicted molar refractivity (Wildman–Crippen MR) is 80.9 cm³/mol. The van der Waals surface area contributed by atoms with Crippen LogP contribution in [0.25, 0.3) is 16.8 Å². The third-order valence-corrected chi connectivity index (χ3v) is 3.69. The number of hydrogen-bond donors (Lipinski definition) is 1. The third kappa shape index (κ3) is 2.54. The number of nitrogens with two attached hydrogens (primary N) is 1. The number of ether oxygens (including phenoxy) is 1. The van der Waals surface area contributed by atoms with Gasteiger partial charge in [-0.05, 0) is 42.2 Å². The Morgan fingerprint density at radius 2 is 2.14 bits per heavy atom. The SMILES string of the molecule is C=C(N)c1cc(-c2ccc(C)cc2F)c2c(n1)COCC2. The summed E-state index contributed by atoms with van der Waals surface area (Å²) < 4.78 is 19.8. The molecule has 1 aliphatic rings.